The van der Waals surface area contributed by atoms with E-state index in [2.05, 4.69) is 5.10 Å². The zero-order valence-electron chi connectivity index (χ0n) is 15.6. The predicted molar refractivity (Wildman–Crippen MR) is 96.6 cm³/mol. The van der Waals surface area contributed by atoms with E-state index in [9.17, 15) is 27.9 Å². The van der Waals surface area contributed by atoms with Crippen molar-refractivity contribution in [2.45, 2.75) is 19.3 Å². The SMILES string of the molecule is Cc1c(C2OC=NN2N(C)C)cc(C(=O)O)c(=O)n1-c1cccc(C(F)(F)F)c1. The Labute approximate surface area is 163 Å². The zero-order valence-corrected chi connectivity index (χ0v) is 15.6. The molecule has 0 saturated heterocycles. The van der Waals surface area contributed by atoms with Crippen LogP contribution in [0.2, 0.25) is 0 Å². The fourth-order valence-electron chi connectivity index (χ4n) is 3.02. The normalized spacial score (nSPS) is 16.4. The van der Waals surface area contributed by atoms with E-state index < -0.39 is 35.1 Å². The number of hydrogen-bond donors (Lipinski definition) is 1. The first kappa shape index (κ1) is 20.4. The largest absolute Gasteiger partial charge is 0.477 e. The lowest BCUT2D eigenvalue weighted by Crippen LogP contribution is -2.36. The van der Waals surface area contributed by atoms with Crippen LogP contribution in [0, 0.1) is 6.92 Å². The molecule has 2 heterocycles. The van der Waals surface area contributed by atoms with Crippen molar-refractivity contribution in [3.8, 4) is 5.69 Å². The van der Waals surface area contributed by atoms with Crippen molar-refractivity contribution >= 4 is 12.4 Å². The summed E-state index contributed by atoms with van der Waals surface area (Å²) in [5.74, 6) is -1.51. The van der Waals surface area contributed by atoms with Gasteiger partial charge in [-0.2, -0.15) is 18.3 Å². The monoisotopic (exact) mass is 410 g/mol. The molecule has 1 aliphatic rings. The van der Waals surface area contributed by atoms with Gasteiger partial charge in [0.1, 0.15) is 5.56 Å². The molecular formula is C18H17F3N4O4. The number of hydrazine groups is 1. The highest BCUT2D eigenvalue weighted by atomic mass is 19.4. The van der Waals surface area contributed by atoms with Crippen LogP contribution in [-0.4, -0.2) is 46.3 Å². The van der Waals surface area contributed by atoms with Crippen molar-refractivity contribution in [3.63, 3.8) is 0 Å². The average molecular weight is 410 g/mol. The minimum Gasteiger partial charge on any atom is -0.477 e. The molecular weight excluding hydrogens is 393 g/mol. The molecule has 0 bridgehead atoms. The van der Waals surface area contributed by atoms with E-state index in [1.807, 2.05) is 0 Å². The van der Waals surface area contributed by atoms with Gasteiger partial charge in [-0.05, 0) is 31.2 Å². The highest BCUT2D eigenvalue weighted by Crippen LogP contribution is 2.32. The Bertz CT molecular complexity index is 1050. The number of carboxylic acid groups (broad SMARTS) is 1. The van der Waals surface area contributed by atoms with E-state index in [-0.39, 0.29) is 16.9 Å². The third-order valence-corrected chi connectivity index (χ3v) is 4.39. The number of aromatic nitrogens is 1. The summed E-state index contributed by atoms with van der Waals surface area (Å²) < 4.78 is 45.8. The first-order valence-corrected chi connectivity index (χ1v) is 8.34. The van der Waals surface area contributed by atoms with Gasteiger partial charge in [-0.1, -0.05) is 6.07 Å². The Hall–Kier alpha value is -3.34. The molecule has 0 amide bonds. The number of carboxylic acids is 1. The number of hydrazone groups is 1. The minimum atomic E-state index is -4.62. The molecule has 29 heavy (non-hydrogen) atoms. The van der Waals surface area contributed by atoms with Crippen LogP contribution < -0.4 is 5.56 Å². The van der Waals surface area contributed by atoms with Crippen LogP contribution in [0.5, 0.6) is 0 Å². The van der Waals surface area contributed by atoms with E-state index in [0.717, 1.165) is 35.2 Å². The van der Waals surface area contributed by atoms with Crippen molar-refractivity contribution in [3.05, 3.63) is 63.1 Å². The van der Waals surface area contributed by atoms with Crippen molar-refractivity contribution in [2.24, 2.45) is 5.10 Å². The van der Waals surface area contributed by atoms with E-state index in [1.165, 1.54) is 18.1 Å². The smallest absolute Gasteiger partial charge is 0.416 e. The second-order valence-electron chi connectivity index (χ2n) is 6.47. The predicted octanol–water partition coefficient (Wildman–Crippen LogP) is 2.61. The van der Waals surface area contributed by atoms with Crippen LogP contribution in [0.15, 0.2) is 40.2 Å². The van der Waals surface area contributed by atoms with Gasteiger partial charge in [0.05, 0.1) is 5.56 Å². The Morgan fingerprint density at radius 3 is 2.55 bits per heavy atom. The summed E-state index contributed by atoms with van der Waals surface area (Å²) in [7, 11) is 3.35. The van der Waals surface area contributed by atoms with Crippen molar-refractivity contribution in [2.75, 3.05) is 14.1 Å². The van der Waals surface area contributed by atoms with Gasteiger partial charge in [-0.15, -0.1) is 5.10 Å². The number of ether oxygens (including phenoxy) is 1. The van der Waals surface area contributed by atoms with Crippen LogP contribution in [0.1, 0.15) is 33.4 Å². The molecule has 0 saturated carbocycles. The Kier molecular flexibility index (Phi) is 5.09. The standard InChI is InChI=1S/C18H17F3N4O4/c1-10-13(16-25(23(2)3)22-9-29-16)8-14(17(27)28)15(26)24(10)12-6-4-5-11(7-12)18(19,20)21/h4-9,16H,1-3H3,(H,27,28). The van der Waals surface area contributed by atoms with Crippen LogP contribution in [0.4, 0.5) is 13.2 Å². The van der Waals surface area contributed by atoms with Crippen molar-refractivity contribution < 1.29 is 27.8 Å². The molecule has 11 heteroatoms. The summed E-state index contributed by atoms with van der Waals surface area (Å²) in [5, 5.41) is 16.4. The summed E-state index contributed by atoms with van der Waals surface area (Å²) in [5.41, 5.74) is -2.13. The maximum absolute atomic E-state index is 13.1. The number of rotatable bonds is 4. The first-order valence-electron chi connectivity index (χ1n) is 8.34. The molecule has 1 unspecified atom stereocenters. The lowest BCUT2D eigenvalue weighted by molar-refractivity contribution is -0.137. The summed E-state index contributed by atoms with van der Waals surface area (Å²) in [6, 6.07) is 5.26. The third-order valence-electron chi connectivity index (χ3n) is 4.39. The second kappa shape index (κ2) is 7.24. The molecule has 8 nitrogen and oxygen atoms in total. The van der Waals surface area contributed by atoms with E-state index in [4.69, 9.17) is 4.74 Å². The van der Waals surface area contributed by atoms with E-state index >= 15 is 0 Å². The number of aromatic carboxylic acids is 1. The molecule has 1 aromatic carbocycles. The molecule has 2 aromatic rings. The average Bonchev–Trinajstić information content (AvgIpc) is 3.11. The number of pyridine rings is 1. The highest BCUT2D eigenvalue weighted by molar-refractivity contribution is 5.87. The number of benzene rings is 1. The number of carbonyl (C=O) groups is 1. The van der Waals surface area contributed by atoms with Crippen LogP contribution in [-0.2, 0) is 10.9 Å². The Morgan fingerprint density at radius 1 is 1.28 bits per heavy atom. The van der Waals surface area contributed by atoms with Gasteiger partial charge in [-0.25, -0.2) is 9.80 Å². The van der Waals surface area contributed by atoms with Gasteiger partial charge in [0.25, 0.3) is 5.56 Å². The van der Waals surface area contributed by atoms with Crippen LogP contribution in [0.25, 0.3) is 5.69 Å². The molecule has 1 aromatic heterocycles. The molecule has 3 rings (SSSR count). The molecule has 154 valence electrons. The first-order chi connectivity index (χ1) is 13.5. The minimum absolute atomic E-state index is 0.109. The number of alkyl halides is 3. The number of hydrogen-bond acceptors (Lipinski definition) is 6. The van der Waals surface area contributed by atoms with Gasteiger partial charge >= 0.3 is 12.1 Å². The maximum Gasteiger partial charge on any atom is 0.416 e. The third kappa shape index (κ3) is 3.68. The van der Waals surface area contributed by atoms with E-state index in [0.29, 0.717) is 0 Å². The van der Waals surface area contributed by atoms with Crippen LogP contribution in [0.3, 0.4) is 0 Å². The highest BCUT2D eigenvalue weighted by Gasteiger charge is 2.33. The zero-order chi connectivity index (χ0) is 21.5. The van der Waals surface area contributed by atoms with Gasteiger partial charge in [-0.3, -0.25) is 9.36 Å². The lowest BCUT2D eigenvalue weighted by Gasteiger charge is -2.29. The maximum atomic E-state index is 13.1. The number of halogens is 3. The van der Waals surface area contributed by atoms with Gasteiger partial charge in [0, 0.05) is 31.0 Å². The summed E-state index contributed by atoms with van der Waals surface area (Å²) in [4.78, 5) is 24.4. The summed E-state index contributed by atoms with van der Waals surface area (Å²) in [6.45, 7) is 1.50. The van der Waals surface area contributed by atoms with E-state index in [1.54, 1.807) is 19.1 Å². The van der Waals surface area contributed by atoms with Crippen molar-refractivity contribution in [1.29, 1.82) is 0 Å². The van der Waals surface area contributed by atoms with Crippen LogP contribution >= 0.6 is 0 Å². The molecule has 1 aliphatic heterocycles. The Morgan fingerprint density at radius 2 is 1.97 bits per heavy atom. The molecule has 0 spiro atoms. The van der Waals surface area contributed by atoms with Gasteiger partial charge in [0.2, 0.25) is 6.23 Å². The summed E-state index contributed by atoms with van der Waals surface area (Å²) in [6.07, 6.45) is -4.35. The topological polar surface area (TPSA) is 87.4 Å². The quantitative estimate of drug-likeness (QED) is 0.834. The number of nitrogens with zero attached hydrogens (tertiary/aromatic N) is 4. The molecule has 1 N–H and O–H groups in total. The van der Waals surface area contributed by atoms with Gasteiger partial charge < -0.3 is 9.84 Å². The molecule has 0 fully saturated rings. The fraction of sp³-hybridized carbons (Fsp3) is 0.278. The molecule has 0 radical (unpaired) electrons. The fourth-order valence-corrected chi connectivity index (χ4v) is 3.02. The summed E-state index contributed by atoms with van der Waals surface area (Å²) >= 11 is 0. The Balaban J connectivity index is 2.27. The second-order valence-corrected chi connectivity index (χ2v) is 6.47. The van der Waals surface area contributed by atoms with Crippen molar-refractivity contribution in [1.82, 2.24) is 14.7 Å². The molecule has 1 atom stereocenters. The molecule has 0 aliphatic carbocycles. The lowest BCUT2D eigenvalue weighted by atomic mass is 10.1. The van der Waals surface area contributed by atoms with Gasteiger partial charge in [0.15, 0.2) is 6.40 Å².